The lowest BCUT2D eigenvalue weighted by Gasteiger charge is -2.07. The molecule has 0 aliphatic rings. The number of aromatic hydroxyl groups is 1. The summed E-state index contributed by atoms with van der Waals surface area (Å²) in [5.41, 5.74) is 36.5. The van der Waals surface area contributed by atoms with Gasteiger partial charge >= 0.3 is 0 Å². The summed E-state index contributed by atoms with van der Waals surface area (Å²) in [5.74, 6) is 1.68. The summed E-state index contributed by atoms with van der Waals surface area (Å²) in [6, 6.07) is 48.8. The lowest BCUT2D eigenvalue weighted by atomic mass is 10.1. The van der Waals surface area contributed by atoms with Gasteiger partial charge in [-0.1, -0.05) is 135 Å². The molecule has 0 unspecified atom stereocenters. The van der Waals surface area contributed by atoms with Crippen LogP contribution in [0.25, 0.3) is 12.2 Å². The van der Waals surface area contributed by atoms with Crippen LogP contribution in [-0.2, 0) is 6.42 Å². The highest BCUT2D eigenvalue weighted by Crippen LogP contribution is 2.22. The van der Waals surface area contributed by atoms with Gasteiger partial charge in [0.15, 0.2) is 5.22 Å². The van der Waals surface area contributed by atoms with E-state index in [1.54, 1.807) is 132 Å². The molecule has 0 aliphatic heterocycles. The number of amides is 6. The van der Waals surface area contributed by atoms with Crippen LogP contribution in [0.2, 0.25) is 5.22 Å². The van der Waals surface area contributed by atoms with E-state index in [4.69, 9.17) is 79.2 Å². The molecule has 0 atom stereocenters. The van der Waals surface area contributed by atoms with Crippen LogP contribution in [0.3, 0.4) is 0 Å². The summed E-state index contributed by atoms with van der Waals surface area (Å²) < 4.78 is 33.3. The van der Waals surface area contributed by atoms with Crippen molar-refractivity contribution in [1.29, 1.82) is 0 Å². The number of thiophene rings is 2. The maximum absolute atomic E-state index is 11.1. The van der Waals surface area contributed by atoms with Crippen molar-refractivity contribution in [1.82, 2.24) is 0 Å². The zero-order valence-electron chi connectivity index (χ0n) is 63.7. The molecule has 0 radical (unpaired) electrons. The van der Waals surface area contributed by atoms with Crippen molar-refractivity contribution in [3.63, 3.8) is 0 Å². The number of carbonyl (C=O) groups is 6. The van der Waals surface area contributed by atoms with Gasteiger partial charge in [-0.25, -0.2) is 0 Å². The second-order valence-electron chi connectivity index (χ2n) is 25.5. The number of phenols is 1. The standard InChI is InChI=1S/C18H20ClNO3.C18H23NO2S.C18H21NO2S.C14H21NO2.C13H18BrNO2.C7H7NO2/c19-17-11-10-15(23-17)8-4-2-1-3-5-12-22-16-9-6-7-14(13-16)18(20)21;2*19-18(20)16-8-6-9-17(13-16)21-11-5-3-1-2-4-7-15-10-12-22-14-15;1-2-3-4-5-6-10-17-13-9-7-8-12(11-13)14(15)16;14-8-3-1-2-4-9-17-12-7-5-6-11(10-12)13(15)16;8-7(10)5-2-1-3-6(9)4-5/h4,6-11,13H,1-3,5,12H2,(H2,20,21);6,8-10,12-14H,1-5,7,11H2,(H2,19,20);4,6-10,12-14H,1-3,5,11H2,(H2,19,20);7-9,11H,2-6,10H2,1H3,(H2,15,16);5-7,10H,1-4,8-9H2,(H2,15,16);1-4,9H,(H2,8,10)/b8-4-;;7-4-;;;. The first-order valence-electron chi connectivity index (χ1n) is 37.7. The number of halogens is 2. The Kier molecular flexibility index (Phi) is 49.4. The second kappa shape index (κ2) is 58.8. The van der Waals surface area contributed by atoms with E-state index in [1.807, 2.05) is 42.5 Å². The molecule has 3 aromatic heterocycles. The SMILES string of the molecule is CCCCCCCOc1cccc(C(N)=O)c1.NC(=O)c1cccc(O)c1.NC(=O)c1cccc(OCCCCC/C=C\c2ccc(Cl)o2)c1.NC(=O)c1cccc(OCCCCC/C=C\c2ccsc2)c1.NC(=O)c1cccc(OCCCCCCBr)c1.NC(=O)c1cccc(OCCCCCCCc2ccsc2)c1. The van der Waals surface area contributed by atoms with Gasteiger partial charge in [0.25, 0.3) is 0 Å². The number of carbonyl (C=O) groups excluding carboxylic acids is 6. The first-order valence-corrected chi connectivity index (χ1v) is 41.1. The Morgan fingerprint density at radius 3 is 1.07 bits per heavy atom. The maximum Gasteiger partial charge on any atom is 0.248 e. The minimum atomic E-state index is -0.532. The molecule has 0 saturated carbocycles. The number of primary amides is 6. The van der Waals surface area contributed by atoms with Gasteiger partial charge < -0.3 is 67.6 Å². The van der Waals surface area contributed by atoms with Gasteiger partial charge in [-0.2, -0.15) is 22.7 Å². The van der Waals surface area contributed by atoms with E-state index in [0.29, 0.717) is 94.6 Å². The van der Waals surface area contributed by atoms with E-state index in [0.717, 1.165) is 87.5 Å². The van der Waals surface area contributed by atoms with Crippen LogP contribution >= 0.6 is 50.2 Å². The summed E-state index contributed by atoms with van der Waals surface area (Å²) in [6.07, 6.45) is 34.7. The minimum Gasteiger partial charge on any atom is -0.508 e. The fourth-order valence-corrected chi connectivity index (χ4v) is 12.1. The topological polar surface area (TPSA) is 338 Å². The van der Waals surface area contributed by atoms with Crippen LogP contribution in [-0.4, -0.2) is 78.9 Å². The number of ether oxygens (including phenoxy) is 5. The molecule has 9 aromatic rings. The highest BCUT2D eigenvalue weighted by molar-refractivity contribution is 9.09. The number of allylic oxidation sites excluding steroid dienone is 2. The predicted octanol–water partition coefficient (Wildman–Crippen LogP) is 20.3. The van der Waals surface area contributed by atoms with Gasteiger partial charge in [0.1, 0.15) is 40.3 Å². The van der Waals surface area contributed by atoms with Crippen LogP contribution in [0.4, 0.5) is 0 Å². The summed E-state index contributed by atoms with van der Waals surface area (Å²) in [5, 5.41) is 18.9. The van der Waals surface area contributed by atoms with Crippen LogP contribution in [0, 0.1) is 0 Å². The zero-order valence-corrected chi connectivity index (χ0v) is 67.6. The summed E-state index contributed by atoms with van der Waals surface area (Å²) in [6.45, 7) is 5.56. The molecule has 0 aliphatic carbocycles. The normalized spacial score (nSPS) is 10.5. The zero-order chi connectivity index (χ0) is 80.3. The van der Waals surface area contributed by atoms with Crippen LogP contribution in [0.1, 0.15) is 227 Å². The molecule has 0 spiro atoms. The number of furan rings is 1. The second-order valence-corrected chi connectivity index (χ2v) is 28.2. The molecule has 596 valence electrons. The first-order chi connectivity index (χ1) is 53.8. The van der Waals surface area contributed by atoms with Gasteiger partial charge in [0.2, 0.25) is 35.4 Å². The number of aryl methyl sites for hydroxylation is 1. The highest BCUT2D eigenvalue weighted by atomic mass is 79.9. The highest BCUT2D eigenvalue weighted by Gasteiger charge is 2.08. The van der Waals surface area contributed by atoms with Crippen LogP contribution in [0.5, 0.6) is 34.5 Å². The van der Waals surface area contributed by atoms with E-state index >= 15 is 0 Å². The number of benzene rings is 6. The molecular formula is C88H110BrClN6O13S2. The van der Waals surface area contributed by atoms with Crippen molar-refractivity contribution in [2.24, 2.45) is 34.4 Å². The van der Waals surface area contributed by atoms with E-state index < -0.39 is 35.4 Å². The predicted molar refractivity (Wildman–Crippen MR) is 454 cm³/mol. The van der Waals surface area contributed by atoms with Gasteiger partial charge in [0.05, 0.1) is 33.0 Å². The van der Waals surface area contributed by atoms with Gasteiger partial charge in [-0.05, 0) is 274 Å². The molecule has 23 heteroatoms. The van der Waals surface area contributed by atoms with E-state index in [1.165, 1.54) is 100 Å². The van der Waals surface area contributed by atoms with Gasteiger partial charge in [-0.15, -0.1) is 0 Å². The average Bonchev–Trinajstić information content (AvgIpc) is 1.90. The van der Waals surface area contributed by atoms with E-state index in [2.05, 4.69) is 74.7 Å². The van der Waals surface area contributed by atoms with Crippen molar-refractivity contribution in [3.8, 4) is 34.5 Å². The molecule has 19 nitrogen and oxygen atoms in total. The van der Waals surface area contributed by atoms with E-state index in [-0.39, 0.29) is 5.75 Å². The number of phenolic OH excluding ortho intramolecular Hbond substituents is 1. The lowest BCUT2D eigenvalue weighted by Crippen LogP contribution is -2.10. The van der Waals surface area contributed by atoms with Crippen molar-refractivity contribution in [2.45, 2.75) is 155 Å². The van der Waals surface area contributed by atoms with Crippen molar-refractivity contribution in [2.75, 3.05) is 38.4 Å². The summed E-state index contributed by atoms with van der Waals surface area (Å²) in [4.78, 5) is 65.6. The summed E-state index contributed by atoms with van der Waals surface area (Å²) >= 11 is 12.6. The minimum absolute atomic E-state index is 0.0521. The molecule has 9 rings (SSSR count). The fraction of sp³-hybridized carbons (Fsp3) is 0.341. The quantitative estimate of drug-likeness (QED) is 0.0138. The third-order valence-corrected chi connectivity index (χ3v) is 18.5. The molecule has 0 bridgehead atoms. The number of alkyl halides is 1. The number of rotatable bonds is 45. The molecule has 6 aromatic carbocycles. The lowest BCUT2D eigenvalue weighted by molar-refractivity contribution is 0.0991. The molecule has 3 heterocycles. The van der Waals surface area contributed by atoms with Gasteiger partial charge in [0, 0.05) is 38.7 Å². The monoisotopic (exact) mass is 1640 g/mol. The number of hydrogen-bond acceptors (Lipinski definition) is 15. The Balaban J connectivity index is 0.000000285. The molecule has 6 amide bonds. The third kappa shape index (κ3) is 45.0. The molecule has 111 heavy (non-hydrogen) atoms. The van der Waals surface area contributed by atoms with Crippen molar-refractivity contribution in [3.05, 3.63) is 259 Å². The third-order valence-electron chi connectivity index (χ3n) is 16.3. The van der Waals surface area contributed by atoms with Crippen molar-refractivity contribution >= 4 is 97.8 Å². The number of nitrogens with two attached hydrogens (primary N) is 6. The summed E-state index contributed by atoms with van der Waals surface area (Å²) in [7, 11) is 0. The number of hydrogen-bond donors (Lipinski definition) is 7. The van der Waals surface area contributed by atoms with Crippen LogP contribution in [0.15, 0.2) is 208 Å². The van der Waals surface area contributed by atoms with Crippen molar-refractivity contribution < 1.29 is 62.0 Å². The maximum atomic E-state index is 11.1. The smallest absolute Gasteiger partial charge is 0.248 e. The average molecular weight is 1640 g/mol. The Hall–Kier alpha value is -10.1. The van der Waals surface area contributed by atoms with Gasteiger partial charge in [-0.3, -0.25) is 28.8 Å². The molecule has 0 fully saturated rings. The Morgan fingerprint density at radius 2 is 0.739 bits per heavy atom. The molecule has 0 saturated heterocycles. The Morgan fingerprint density at radius 1 is 0.396 bits per heavy atom. The van der Waals surface area contributed by atoms with E-state index in [9.17, 15) is 28.8 Å². The Bertz CT molecular complexity index is 4060. The molecule has 13 N–H and O–H groups in total. The Labute approximate surface area is 676 Å². The van der Waals surface area contributed by atoms with Crippen LogP contribution < -0.4 is 58.1 Å². The molecular weight excluding hydrogens is 1530 g/mol. The number of unbranched alkanes of at least 4 members (excludes halogenated alkanes) is 17. The first kappa shape index (κ1) is 93.3. The largest absolute Gasteiger partial charge is 0.508 e. The fourth-order valence-electron chi connectivity index (χ4n) is 10.2.